The molecule has 6 heteroatoms. The van der Waals surface area contributed by atoms with Crippen molar-refractivity contribution in [2.45, 2.75) is 70.9 Å². The molecule has 4 rings (SSSR count). The van der Waals surface area contributed by atoms with Gasteiger partial charge >= 0.3 is 0 Å². The standard InChI is InChI=1S/C15H22N6.C2H6/c1-14(20-8-16-17-9-20)4-12-3-13(5-14)7-15(2,6-12)21-10-18-19-11-21;1-2/h8-13H,3-7H2,1-2H3;1-2H3. The van der Waals surface area contributed by atoms with E-state index in [1.165, 1.54) is 32.1 Å². The molecule has 0 saturated heterocycles. The number of fused-ring (bicyclic) bond motifs is 2. The molecular weight excluding hydrogens is 288 g/mol. The molecule has 2 fully saturated rings. The third-order valence-corrected chi connectivity index (χ3v) is 5.66. The quantitative estimate of drug-likeness (QED) is 0.853. The van der Waals surface area contributed by atoms with Gasteiger partial charge < -0.3 is 9.13 Å². The Kier molecular flexibility index (Phi) is 4.25. The van der Waals surface area contributed by atoms with Crippen molar-refractivity contribution in [2.24, 2.45) is 11.8 Å². The van der Waals surface area contributed by atoms with Crippen molar-refractivity contribution in [3.63, 3.8) is 0 Å². The lowest BCUT2D eigenvalue weighted by Gasteiger charge is -2.51. The van der Waals surface area contributed by atoms with Crippen molar-refractivity contribution in [1.29, 1.82) is 0 Å². The Morgan fingerprint density at radius 2 is 1.00 bits per heavy atom. The van der Waals surface area contributed by atoms with Gasteiger partial charge in [-0.15, -0.1) is 20.4 Å². The first-order chi connectivity index (χ1) is 11.1. The predicted octanol–water partition coefficient (Wildman–Crippen LogP) is 3.24. The summed E-state index contributed by atoms with van der Waals surface area (Å²) in [5, 5.41) is 16.0. The molecule has 126 valence electrons. The monoisotopic (exact) mass is 316 g/mol. The summed E-state index contributed by atoms with van der Waals surface area (Å²) in [6.07, 6.45) is 13.7. The van der Waals surface area contributed by atoms with E-state index in [0.717, 1.165) is 11.8 Å². The zero-order valence-electron chi connectivity index (χ0n) is 14.7. The van der Waals surface area contributed by atoms with E-state index in [2.05, 4.69) is 43.4 Å². The third kappa shape index (κ3) is 2.91. The second-order valence-electron chi connectivity index (χ2n) is 7.52. The van der Waals surface area contributed by atoms with Crippen LogP contribution in [0.5, 0.6) is 0 Å². The zero-order chi connectivity index (χ0) is 16.5. The lowest BCUT2D eigenvalue weighted by molar-refractivity contribution is 0.0141. The smallest absolute Gasteiger partial charge is 0.119 e. The van der Waals surface area contributed by atoms with Gasteiger partial charge in [-0.1, -0.05) is 13.8 Å². The molecule has 23 heavy (non-hydrogen) atoms. The molecule has 2 heterocycles. The molecule has 2 aromatic heterocycles. The second-order valence-corrected chi connectivity index (χ2v) is 7.52. The molecule has 0 aromatic carbocycles. The van der Waals surface area contributed by atoms with Crippen LogP contribution in [0.15, 0.2) is 25.3 Å². The van der Waals surface area contributed by atoms with Crippen LogP contribution in [-0.4, -0.2) is 29.5 Å². The number of hydrogen-bond acceptors (Lipinski definition) is 4. The number of hydrogen-bond donors (Lipinski definition) is 0. The van der Waals surface area contributed by atoms with Gasteiger partial charge in [-0.25, -0.2) is 0 Å². The molecule has 0 atom stereocenters. The number of nitrogens with zero attached hydrogens (tertiary/aromatic N) is 6. The first-order valence-corrected chi connectivity index (χ1v) is 8.78. The van der Waals surface area contributed by atoms with Crippen LogP contribution in [0, 0.1) is 11.8 Å². The summed E-state index contributed by atoms with van der Waals surface area (Å²) < 4.78 is 4.43. The Morgan fingerprint density at radius 1 is 0.696 bits per heavy atom. The highest BCUT2D eigenvalue weighted by molar-refractivity contribution is 5.01. The molecule has 2 saturated carbocycles. The Hall–Kier alpha value is -1.72. The summed E-state index contributed by atoms with van der Waals surface area (Å²) in [4.78, 5) is 0. The minimum Gasteiger partial charge on any atom is -0.314 e. The molecular formula is C17H28N6. The zero-order valence-corrected chi connectivity index (χ0v) is 14.7. The van der Waals surface area contributed by atoms with Gasteiger partial charge in [0.1, 0.15) is 25.3 Å². The van der Waals surface area contributed by atoms with Crippen molar-refractivity contribution in [3.05, 3.63) is 25.3 Å². The van der Waals surface area contributed by atoms with Crippen LogP contribution >= 0.6 is 0 Å². The second kappa shape index (κ2) is 6.06. The summed E-state index contributed by atoms with van der Waals surface area (Å²) >= 11 is 0. The van der Waals surface area contributed by atoms with Gasteiger partial charge in [0.05, 0.1) is 0 Å². The highest BCUT2D eigenvalue weighted by Gasteiger charge is 2.47. The Bertz CT molecular complexity index is 537. The third-order valence-electron chi connectivity index (χ3n) is 5.66. The van der Waals surface area contributed by atoms with Crippen LogP contribution in [-0.2, 0) is 11.1 Å². The van der Waals surface area contributed by atoms with Gasteiger partial charge in [-0.05, 0) is 57.8 Å². The maximum atomic E-state index is 4.00. The van der Waals surface area contributed by atoms with Crippen molar-refractivity contribution < 1.29 is 0 Å². The van der Waals surface area contributed by atoms with E-state index in [1.807, 2.05) is 39.2 Å². The molecule has 0 N–H and O–H groups in total. The van der Waals surface area contributed by atoms with Gasteiger partial charge in [0.25, 0.3) is 0 Å². The van der Waals surface area contributed by atoms with Crippen molar-refractivity contribution in [2.75, 3.05) is 0 Å². The van der Waals surface area contributed by atoms with E-state index in [1.54, 1.807) is 0 Å². The normalized spacial score (nSPS) is 36.2. The van der Waals surface area contributed by atoms with Crippen LogP contribution < -0.4 is 0 Å². The molecule has 0 aliphatic heterocycles. The topological polar surface area (TPSA) is 61.4 Å². The molecule has 0 unspecified atom stereocenters. The van der Waals surface area contributed by atoms with Crippen LogP contribution in [0.1, 0.15) is 59.8 Å². The Morgan fingerprint density at radius 3 is 1.30 bits per heavy atom. The van der Waals surface area contributed by atoms with Crippen LogP contribution in [0.3, 0.4) is 0 Å². The fraction of sp³-hybridized carbons (Fsp3) is 0.765. The first kappa shape index (κ1) is 16.1. The summed E-state index contributed by atoms with van der Waals surface area (Å²) in [7, 11) is 0. The number of aromatic nitrogens is 6. The minimum atomic E-state index is 0.172. The van der Waals surface area contributed by atoms with Crippen molar-refractivity contribution in [1.82, 2.24) is 29.5 Å². The summed E-state index contributed by atoms with van der Waals surface area (Å²) in [6.45, 7) is 8.72. The van der Waals surface area contributed by atoms with Gasteiger partial charge in [-0.3, -0.25) is 0 Å². The Labute approximate surface area is 138 Å². The van der Waals surface area contributed by atoms with Crippen LogP contribution in [0.4, 0.5) is 0 Å². The average molecular weight is 316 g/mol. The summed E-state index contributed by atoms with van der Waals surface area (Å²) in [5.41, 5.74) is 0.344. The lowest BCUT2D eigenvalue weighted by Crippen LogP contribution is -2.48. The van der Waals surface area contributed by atoms with Crippen LogP contribution in [0.25, 0.3) is 0 Å². The van der Waals surface area contributed by atoms with Crippen LogP contribution in [0.2, 0.25) is 0 Å². The van der Waals surface area contributed by atoms with E-state index < -0.39 is 0 Å². The molecule has 2 aliphatic rings. The molecule has 2 bridgehead atoms. The Balaban J connectivity index is 0.000000753. The molecule has 2 aromatic rings. The van der Waals surface area contributed by atoms with Gasteiger partial charge in [-0.2, -0.15) is 0 Å². The van der Waals surface area contributed by atoms with E-state index in [0.29, 0.717) is 0 Å². The molecule has 0 spiro atoms. The molecule has 6 nitrogen and oxygen atoms in total. The fourth-order valence-corrected chi connectivity index (χ4v) is 4.98. The largest absolute Gasteiger partial charge is 0.314 e. The van der Waals surface area contributed by atoms with E-state index in [-0.39, 0.29) is 11.1 Å². The van der Waals surface area contributed by atoms with Crippen molar-refractivity contribution >= 4 is 0 Å². The first-order valence-electron chi connectivity index (χ1n) is 8.78. The van der Waals surface area contributed by atoms with Gasteiger partial charge in [0.2, 0.25) is 0 Å². The maximum Gasteiger partial charge on any atom is 0.119 e. The molecule has 2 aliphatic carbocycles. The van der Waals surface area contributed by atoms with Gasteiger partial charge in [0.15, 0.2) is 0 Å². The molecule has 0 radical (unpaired) electrons. The fourth-order valence-electron chi connectivity index (χ4n) is 4.98. The van der Waals surface area contributed by atoms with Crippen molar-refractivity contribution in [3.8, 4) is 0 Å². The highest BCUT2D eigenvalue weighted by atomic mass is 15.3. The summed E-state index contributed by atoms with van der Waals surface area (Å²) in [6, 6.07) is 0. The molecule has 0 amide bonds. The highest BCUT2D eigenvalue weighted by Crippen LogP contribution is 2.52. The van der Waals surface area contributed by atoms with Gasteiger partial charge in [0, 0.05) is 11.1 Å². The average Bonchev–Trinajstić information content (AvgIpc) is 3.22. The lowest BCUT2D eigenvalue weighted by atomic mass is 9.60. The SMILES string of the molecule is CC.CC1(n2cnnc2)CC2CC(C1)CC(C)(n1cnnc1)C2. The van der Waals surface area contributed by atoms with E-state index in [4.69, 9.17) is 0 Å². The predicted molar refractivity (Wildman–Crippen MR) is 88.8 cm³/mol. The van der Waals surface area contributed by atoms with E-state index in [9.17, 15) is 0 Å². The summed E-state index contributed by atoms with van der Waals surface area (Å²) in [5.74, 6) is 1.49. The maximum absolute atomic E-state index is 4.00. The van der Waals surface area contributed by atoms with E-state index >= 15 is 0 Å². The number of rotatable bonds is 2. The minimum absolute atomic E-state index is 0.172.